The topological polar surface area (TPSA) is 55.8 Å². The molecule has 4 heteroatoms. The molecule has 0 amide bonds. The lowest BCUT2D eigenvalue weighted by Crippen LogP contribution is -2.03. The molecule has 0 radical (unpaired) electrons. The molecule has 4 nitrogen and oxygen atoms in total. The third-order valence-corrected chi connectivity index (χ3v) is 2.90. The molecule has 94 valence electrons. The van der Waals surface area contributed by atoms with Crippen molar-refractivity contribution in [1.82, 2.24) is 0 Å². The van der Waals surface area contributed by atoms with Crippen molar-refractivity contribution in [2.75, 3.05) is 14.2 Å². The maximum Gasteiger partial charge on any atom is 0.303 e. The van der Waals surface area contributed by atoms with Crippen LogP contribution in [0.25, 0.3) is 0 Å². The van der Waals surface area contributed by atoms with E-state index in [2.05, 4.69) is 0 Å². The van der Waals surface area contributed by atoms with Gasteiger partial charge in [0.15, 0.2) is 0 Å². The monoisotopic (exact) mass is 238 g/mol. The number of hydrogen-bond acceptors (Lipinski definition) is 3. The summed E-state index contributed by atoms with van der Waals surface area (Å²) in [6.45, 7) is 3.90. The number of rotatable bonds is 5. The van der Waals surface area contributed by atoms with Gasteiger partial charge in [0.2, 0.25) is 0 Å². The summed E-state index contributed by atoms with van der Waals surface area (Å²) in [6, 6.07) is 1.85. The lowest BCUT2D eigenvalue weighted by molar-refractivity contribution is -0.136. The molecule has 1 aromatic rings. The van der Waals surface area contributed by atoms with Gasteiger partial charge in [-0.1, -0.05) is 0 Å². The largest absolute Gasteiger partial charge is 0.496 e. The van der Waals surface area contributed by atoms with Gasteiger partial charge in [-0.2, -0.15) is 0 Å². The first-order chi connectivity index (χ1) is 8.01. The zero-order chi connectivity index (χ0) is 13.0. The standard InChI is InChI=1S/C13H18O4/c1-8-9(2)13(17-4)10(5-6-12(14)15)7-11(8)16-3/h7H,5-6H2,1-4H3,(H,14,15). The van der Waals surface area contributed by atoms with Crippen LogP contribution in [0.1, 0.15) is 23.1 Å². The molecule has 0 heterocycles. The molecule has 0 aliphatic heterocycles. The zero-order valence-electron chi connectivity index (χ0n) is 10.7. The SMILES string of the molecule is COc1cc(CCC(=O)O)c(OC)c(C)c1C. The molecule has 1 aromatic carbocycles. The lowest BCUT2D eigenvalue weighted by atomic mass is 10.00. The summed E-state index contributed by atoms with van der Waals surface area (Å²) in [5, 5.41) is 8.72. The summed E-state index contributed by atoms with van der Waals surface area (Å²) in [7, 11) is 3.20. The molecule has 0 saturated carbocycles. The summed E-state index contributed by atoms with van der Waals surface area (Å²) >= 11 is 0. The van der Waals surface area contributed by atoms with Crippen molar-refractivity contribution in [3.8, 4) is 11.5 Å². The van der Waals surface area contributed by atoms with Crippen molar-refractivity contribution in [1.29, 1.82) is 0 Å². The Hall–Kier alpha value is -1.71. The Kier molecular flexibility index (Phi) is 4.37. The van der Waals surface area contributed by atoms with Crippen molar-refractivity contribution < 1.29 is 19.4 Å². The fourth-order valence-electron chi connectivity index (χ4n) is 1.85. The Bertz CT molecular complexity index is 424. The van der Waals surface area contributed by atoms with Crippen molar-refractivity contribution >= 4 is 5.97 Å². The summed E-state index contributed by atoms with van der Waals surface area (Å²) < 4.78 is 10.6. The van der Waals surface area contributed by atoms with E-state index in [9.17, 15) is 4.79 Å². The van der Waals surface area contributed by atoms with Crippen LogP contribution in [-0.4, -0.2) is 25.3 Å². The number of carboxylic acids is 1. The number of ether oxygens (including phenoxy) is 2. The quantitative estimate of drug-likeness (QED) is 0.855. The Morgan fingerprint density at radius 1 is 1.24 bits per heavy atom. The van der Waals surface area contributed by atoms with Crippen molar-refractivity contribution in [2.24, 2.45) is 0 Å². The first-order valence-corrected chi connectivity index (χ1v) is 5.44. The second-order valence-electron chi connectivity index (χ2n) is 3.91. The van der Waals surface area contributed by atoms with Gasteiger partial charge >= 0.3 is 5.97 Å². The van der Waals surface area contributed by atoms with Gasteiger partial charge in [-0.25, -0.2) is 0 Å². The minimum absolute atomic E-state index is 0.0853. The highest BCUT2D eigenvalue weighted by Gasteiger charge is 2.14. The van der Waals surface area contributed by atoms with Gasteiger partial charge in [0.05, 0.1) is 14.2 Å². The summed E-state index contributed by atoms with van der Waals surface area (Å²) in [6.07, 6.45) is 0.526. The van der Waals surface area contributed by atoms with E-state index in [-0.39, 0.29) is 6.42 Å². The molecule has 0 aliphatic carbocycles. The Morgan fingerprint density at radius 3 is 2.35 bits per heavy atom. The van der Waals surface area contributed by atoms with Crippen LogP contribution in [0, 0.1) is 13.8 Å². The third kappa shape index (κ3) is 2.90. The normalized spacial score (nSPS) is 10.1. The second-order valence-corrected chi connectivity index (χ2v) is 3.91. The van der Waals surface area contributed by atoms with Crippen LogP contribution < -0.4 is 9.47 Å². The van der Waals surface area contributed by atoms with E-state index in [0.717, 1.165) is 28.2 Å². The number of carbonyl (C=O) groups is 1. The van der Waals surface area contributed by atoms with Crippen LogP contribution in [0.5, 0.6) is 11.5 Å². The molecule has 0 aromatic heterocycles. The number of methoxy groups -OCH3 is 2. The van der Waals surface area contributed by atoms with E-state index in [1.54, 1.807) is 14.2 Å². The van der Waals surface area contributed by atoms with E-state index in [1.165, 1.54) is 0 Å². The van der Waals surface area contributed by atoms with E-state index < -0.39 is 5.97 Å². The number of aliphatic carboxylic acids is 1. The molecule has 0 fully saturated rings. The number of hydrogen-bond donors (Lipinski definition) is 1. The van der Waals surface area contributed by atoms with Crippen LogP contribution in [0.4, 0.5) is 0 Å². The molecule has 0 unspecified atom stereocenters. The molecule has 0 saturated heterocycles. The van der Waals surface area contributed by atoms with Gasteiger partial charge in [-0.3, -0.25) is 4.79 Å². The van der Waals surface area contributed by atoms with Gasteiger partial charge < -0.3 is 14.6 Å². The maximum atomic E-state index is 10.6. The van der Waals surface area contributed by atoms with Crippen LogP contribution in [0.3, 0.4) is 0 Å². The minimum atomic E-state index is -0.816. The van der Waals surface area contributed by atoms with Crippen LogP contribution >= 0.6 is 0 Å². The molecule has 0 aliphatic rings. The zero-order valence-corrected chi connectivity index (χ0v) is 10.7. The van der Waals surface area contributed by atoms with Crippen LogP contribution in [0.15, 0.2) is 6.07 Å². The van der Waals surface area contributed by atoms with Crippen molar-refractivity contribution in [2.45, 2.75) is 26.7 Å². The second kappa shape index (κ2) is 5.57. The Morgan fingerprint density at radius 2 is 1.88 bits per heavy atom. The summed E-state index contributed by atoms with van der Waals surface area (Å²) in [5.41, 5.74) is 2.88. The predicted octanol–water partition coefficient (Wildman–Crippen LogP) is 2.34. The van der Waals surface area contributed by atoms with Gasteiger partial charge in [-0.05, 0) is 43.0 Å². The average molecular weight is 238 g/mol. The maximum absolute atomic E-state index is 10.6. The Labute approximate surface area is 101 Å². The van der Waals surface area contributed by atoms with Gasteiger partial charge in [0, 0.05) is 6.42 Å². The smallest absolute Gasteiger partial charge is 0.303 e. The van der Waals surface area contributed by atoms with Gasteiger partial charge in [0.25, 0.3) is 0 Å². The van der Waals surface area contributed by atoms with Crippen molar-refractivity contribution in [3.05, 3.63) is 22.8 Å². The first-order valence-electron chi connectivity index (χ1n) is 5.44. The predicted molar refractivity (Wildman–Crippen MR) is 65.0 cm³/mol. The third-order valence-electron chi connectivity index (χ3n) is 2.90. The average Bonchev–Trinajstić information content (AvgIpc) is 2.30. The molecule has 0 spiro atoms. The van der Waals surface area contributed by atoms with Crippen molar-refractivity contribution in [3.63, 3.8) is 0 Å². The van der Waals surface area contributed by atoms with E-state index in [0.29, 0.717) is 6.42 Å². The highest BCUT2D eigenvalue weighted by atomic mass is 16.5. The van der Waals surface area contributed by atoms with E-state index >= 15 is 0 Å². The minimum Gasteiger partial charge on any atom is -0.496 e. The number of carboxylic acid groups (broad SMARTS) is 1. The van der Waals surface area contributed by atoms with Crippen LogP contribution in [0.2, 0.25) is 0 Å². The molecular formula is C13H18O4. The van der Waals surface area contributed by atoms with Gasteiger partial charge in [-0.15, -0.1) is 0 Å². The first kappa shape index (κ1) is 13.4. The Balaban J connectivity index is 3.17. The fraction of sp³-hybridized carbons (Fsp3) is 0.462. The van der Waals surface area contributed by atoms with E-state index in [1.807, 2.05) is 19.9 Å². The number of benzene rings is 1. The number of aryl methyl sites for hydroxylation is 1. The molecule has 17 heavy (non-hydrogen) atoms. The summed E-state index contributed by atoms with van der Waals surface area (Å²) in [5.74, 6) is 0.706. The van der Waals surface area contributed by atoms with Crippen LogP contribution in [-0.2, 0) is 11.2 Å². The lowest BCUT2D eigenvalue weighted by Gasteiger charge is -2.16. The molecule has 0 atom stereocenters. The van der Waals surface area contributed by atoms with E-state index in [4.69, 9.17) is 14.6 Å². The highest BCUT2D eigenvalue weighted by molar-refractivity contribution is 5.67. The summed E-state index contributed by atoms with van der Waals surface area (Å²) in [4.78, 5) is 10.6. The molecule has 1 rings (SSSR count). The molecule has 0 bridgehead atoms. The molecular weight excluding hydrogens is 220 g/mol. The highest BCUT2D eigenvalue weighted by Crippen LogP contribution is 2.33. The fourth-order valence-corrected chi connectivity index (χ4v) is 1.85. The van der Waals surface area contributed by atoms with Gasteiger partial charge in [0.1, 0.15) is 11.5 Å². The molecule has 1 N–H and O–H groups in total.